The number of hydrogen-bond acceptors (Lipinski definition) is 4. The molecule has 3 rings (SSSR count). The number of hydrogen-bond donors (Lipinski definition) is 1. The second-order valence-corrected chi connectivity index (χ2v) is 9.59. The second-order valence-electron chi connectivity index (χ2n) is 7.66. The molecule has 2 aromatic rings. The fourth-order valence-corrected chi connectivity index (χ4v) is 5.23. The number of benzene rings is 2. The molecule has 2 aromatic carbocycles. The van der Waals surface area contributed by atoms with Gasteiger partial charge < -0.3 is 10.2 Å². The van der Waals surface area contributed by atoms with Crippen LogP contribution in [0, 0.1) is 11.7 Å². The number of sulfonamides is 1. The summed E-state index contributed by atoms with van der Waals surface area (Å²) in [7, 11) is -3.57. The van der Waals surface area contributed by atoms with Crippen LogP contribution in [0.4, 0.5) is 10.1 Å². The number of rotatable bonds is 9. The molecule has 1 unspecified atom stereocenters. The van der Waals surface area contributed by atoms with E-state index < -0.39 is 15.9 Å². The van der Waals surface area contributed by atoms with Crippen molar-refractivity contribution in [2.75, 3.05) is 31.1 Å². The summed E-state index contributed by atoms with van der Waals surface area (Å²) in [5.41, 5.74) is 1.48. The van der Waals surface area contributed by atoms with Gasteiger partial charge in [0.05, 0.1) is 10.8 Å². The third-order valence-corrected chi connectivity index (χ3v) is 7.68. The van der Waals surface area contributed by atoms with Crippen LogP contribution in [-0.4, -0.2) is 50.7 Å². The zero-order valence-electron chi connectivity index (χ0n) is 18.3. The summed E-state index contributed by atoms with van der Waals surface area (Å²) in [5, 5.41) is 2.84. The highest BCUT2D eigenvalue weighted by atomic mass is 32.2. The number of nitrogens with zero attached hydrogens (tertiary/aromatic N) is 2. The van der Waals surface area contributed by atoms with E-state index in [1.165, 1.54) is 33.5 Å². The maximum Gasteiger partial charge on any atom is 0.243 e. The lowest BCUT2D eigenvalue weighted by atomic mass is 10.1. The molecule has 1 atom stereocenters. The van der Waals surface area contributed by atoms with Crippen molar-refractivity contribution >= 4 is 27.5 Å². The quantitative estimate of drug-likeness (QED) is 0.622. The van der Waals surface area contributed by atoms with Gasteiger partial charge in [0.25, 0.3) is 0 Å². The Labute approximate surface area is 188 Å². The monoisotopic (exact) mass is 461 g/mol. The molecular weight excluding hydrogens is 433 g/mol. The van der Waals surface area contributed by atoms with Crippen LogP contribution in [0.5, 0.6) is 0 Å². The largest absolute Gasteiger partial charge is 0.355 e. The Morgan fingerprint density at radius 1 is 1.09 bits per heavy atom. The van der Waals surface area contributed by atoms with Crippen LogP contribution in [0.3, 0.4) is 0 Å². The molecule has 1 heterocycles. The highest BCUT2D eigenvalue weighted by Crippen LogP contribution is 2.27. The number of nitrogens with one attached hydrogen (secondary N) is 1. The second kappa shape index (κ2) is 10.2. The van der Waals surface area contributed by atoms with E-state index in [2.05, 4.69) is 5.32 Å². The van der Waals surface area contributed by atoms with Gasteiger partial charge in [-0.2, -0.15) is 4.31 Å². The van der Waals surface area contributed by atoms with Crippen molar-refractivity contribution in [2.24, 2.45) is 5.92 Å². The molecule has 1 N–H and O–H groups in total. The van der Waals surface area contributed by atoms with Crippen molar-refractivity contribution in [3.8, 4) is 0 Å². The van der Waals surface area contributed by atoms with Crippen molar-refractivity contribution < 1.29 is 22.4 Å². The zero-order valence-corrected chi connectivity index (χ0v) is 19.1. The summed E-state index contributed by atoms with van der Waals surface area (Å²) >= 11 is 0. The van der Waals surface area contributed by atoms with E-state index >= 15 is 0 Å². The van der Waals surface area contributed by atoms with Gasteiger partial charge in [0.2, 0.25) is 21.8 Å². The van der Waals surface area contributed by atoms with E-state index in [0.717, 1.165) is 5.56 Å². The molecule has 1 aliphatic rings. The zero-order chi connectivity index (χ0) is 23.3. The van der Waals surface area contributed by atoms with E-state index in [4.69, 9.17) is 0 Å². The molecule has 2 amide bonds. The van der Waals surface area contributed by atoms with Gasteiger partial charge in [-0.05, 0) is 48.4 Å². The summed E-state index contributed by atoms with van der Waals surface area (Å²) in [6, 6.07) is 12.3. The van der Waals surface area contributed by atoms with Crippen molar-refractivity contribution in [1.82, 2.24) is 9.62 Å². The van der Waals surface area contributed by atoms with Gasteiger partial charge in [-0.3, -0.25) is 9.59 Å². The van der Waals surface area contributed by atoms with E-state index in [1.54, 1.807) is 38.1 Å². The standard InChI is InChI=1S/C23H28FN3O4S/c1-3-26(4-2)32(30,31)21-11-9-20(10-12-21)27-16-18(15-22(27)28)23(29)25-14-13-17-5-7-19(24)8-6-17/h5-12,18H,3-4,13-16H2,1-2H3,(H,25,29). The summed E-state index contributed by atoms with van der Waals surface area (Å²) in [4.78, 5) is 26.7. The van der Waals surface area contributed by atoms with Crippen molar-refractivity contribution in [3.05, 3.63) is 59.9 Å². The average molecular weight is 462 g/mol. The van der Waals surface area contributed by atoms with Gasteiger partial charge in [0, 0.05) is 38.3 Å². The lowest BCUT2D eigenvalue weighted by molar-refractivity contribution is -0.126. The number of carbonyl (C=O) groups excluding carboxylic acids is 2. The summed E-state index contributed by atoms with van der Waals surface area (Å²) in [6.45, 7) is 4.95. The molecular formula is C23H28FN3O4S. The molecule has 1 aliphatic heterocycles. The minimum absolute atomic E-state index is 0.0991. The first-order valence-corrected chi connectivity index (χ1v) is 12.1. The van der Waals surface area contributed by atoms with Crippen LogP contribution in [0.1, 0.15) is 25.8 Å². The van der Waals surface area contributed by atoms with Gasteiger partial charge in [-0.25, -0.2) is 12.8 Å². The Hall–Kier alpha value is -2.78. The maximum atomic E-state index is 13.0. The third kappa shape index (κ3) is 5.34. The molecule has 0 bridgehead atoms. The van der Waals surface area contributed by atoms with Gasteiger partial charge in [0.1, 0.15) is 5.82 Å². The highest BCUT2D eigenvalue weighted by Gasteiger charge is 2.35. The Kier molecular flexibility index (Phi) is 7.63. The van der Waals surface area contributed by atoms with Crippen LogP contribution in [0.15, 0.2) is 53.4 Å². The Bertz CT molecular complexity index is 1050. The molecule has 1 fully saturated rings. The predicted molar refractivity (Wildman–Crippen MR) is 120 cm³/mol. The van der Waals surface area contributed by atoms with Gasteiger partial charge in [-0.15, -0.1) is 0 Å². The van der Waals surface area contributed by atoms with Crippen molar-refractivity contribution in [2.45, 2.75) is 31.6 Å². The van der Waals surface area contributed by atoms with Gasteiger partial charge >= 0.3 is 0 Å². The molecule has 9 heteroatoms. The van der Waals surface area contributed by atoms with Crippen molar-refractivity contribution in [3.63, 3.8) is 0 Å². The van der Waals surface area contributed by atoms with Gasteiger partial charge in [0.15, 0.2) is 0 Å². The normalized spacial score (nSPS) is 16.6. The third-order valence-electron chi connectivity index (χ3n) is 5.61. The number of halogens is 1. The number of amides is 2. The van der Waals surface area contributed by atoms with E-state index in [1.807, 2.05) is 0 Å². The molecule has 1 saturated heterocycles. The molecule has 0 saturated carbocycles. The Morgan fingerprint density at radius 2 is 1.72 bits per heavy atom. The molecule has 0 spiro atoms. The predicted octanol–water partition coefficient (Wildman–Crippen LogP) is 2.57. The fraction of sp³-hybridized carbons (Fsp3) is 0.391. The van der Waals surface area contributed by atoms with Crippen LogP contribution >= 0.6 is 0 Å². The first kappa shape index (κ1) is 23.9. The van der Waals surface area contributed by atoms with Crippen LogP contribution < -0.4 is 10.2 Å². The van der Waals surface area contributed by atoms with E-state index in [-0.39, 0.29) is 35.5 Å². The van der Waals surface area contributed by atoms with Crippen LogP contribution in [0.2, 0.25) is 0 Å². The Balaban J connectivity index is 1.59. The first-order chi connectivity index (χ1) is 15.3. The molecule has 7 nitrogen and oxygen atoms in total. The van der Waals surface area contributed by atoms with E-state index in [0.29, 0.717) is 31.7 Å². The highest BCUT2D eigenvalue weighted by molar-refractivity contribution is 7.89. The number of anilines is 1. The molecule has 0 aliphatic carbocycles. The summed E-state index contributed by atoms with van der Waals surface area (Å²) in [6.07, 6.45) is 0.667. The van der Waals surface area contributed by atoms with Crippen LogP contribution in [0.25, 0.3) is 0 Å². The summed E-state index contributed by atoms with van der Waals surface area (Å²) in [5.74, 6) is -1.16. The lowest BCUT2D eigenvalue weighted by Crippen LogP contribution is -2.34. The summed E-state index contributed by atoms with van der Waals surface area (Å²) < 4.78 is 39.6. The minimum Gasteiger partial charge on any atom is -0.355 e. The van der Waals surface area contributed by atoms with E-state index in [9.17, 15) is 22.4 Å². The molecule has 0 radical (unpaired) electrons. The maximum absolute atomic E-state index is 13.0. The molecule has 32 heavy (non-hydrogen) atoms. The number of carbonyl (C=O) groups is 2. The molecule has 172 valence electrons. The molecule has 0 aromatic heterocycles. The minimum atomic E-state index is -3.57. The smallest absolute Gasteiger partial charge is 0.243 e. The Morgan fingerprint density at radius 3 is 2.31 bits per heavy atom. The SMILES string of the molecule is CCN(CC)S(=O)(=O)c1ccc(N2CC(C(=O)NCCc3ccc(F)cc3)CC2=O)cc1. The topological polar surface area (TPSA) is 86.8 Å². The fourth-order valence-electron chi connectivity index (χ4n) is 3.77. The van der Waals surface area contributed by atoms with Crippen molar-refractivity contribution in [1.29, 1.82) is 0 Å². The lowest BCUT2D eigenvalue weighted by Gasteiger charge is -2.20. The van der Waals surface area contributed by atoms with Gasteiger partial charge in [-0.1, -0.05) is 26.0 Å². The average Bonchev–Trinajstić information content (AvgIpc) is 3.17. The first-order valence-electron chi connectivity index (χ1n) is 10.7. The van der Waals surface area contributed by atoms with Crippen LogP contribution in [-0.2, 0) is 26.0 Å².